The summed E-state index contributed by atoms with van der Waals surface area (Å²) >= 11 is 0. The topological polar surface area (TPSA) is 88.4 Å². The fourth-order valence-corrected chi connectivity index (χ4v) is 3.85. The molecular formula is C20H20N2O4S. The molecule has 0 aliphatic heterocycles. The number of rotatable bonds is 7. The van der Waals surface area contributed by atoms with Gasteiger partial charge in [-0.05, 0) is 42.3 Å². The molecule has 0 unspecified atom stereocenters. The lowest BCUT2D eigenvalue weighted by Gasteiger charge is -2.11. The first-order valence-electron chi connectivity index (χ1n) is 8.40. The molecule has 3 aromatic rings. The van der Waals surface area contributed by atoms with Gasteiger partial charge in [-0.15, -0.1) is 0 Å². The zero-order valence-corrected chi connectivity index (χ0v) is 15.6. The number of nitrogens with one attached hydrogen (secondary N) is 2. The van der Waals surface area contributed by atoms with Crippen molar-refractivity contribution in [3.05, 3.63) is 89.4 Å². The Hall–Kier alpha value is -2.90. The van der Waals surface area contributed by atoms with Crippen molar-refractivity contribution in [1.82, 2.24) is 10.0 Å². The van der Waals surface area contributed by atoms with Crippen molar-refractivity contribution in [3.63, 3.8) is 0 Å². The number of hydrogen-bond acceptors (Lipinski definition) is 4. The first kappa shape index (κ1) is 18.9. The van der Waals surface area contributed by atoms with Crippen molar-refractivity contribution in [3.8, 4) is 0 Å². The lowest BCUT2D eigenvalue weighted by molar-refractivity contribution is 0.0948. The van der Waals surface area contributed by atoms with Gasteiger partial charge in [-0.25, -0.2) is 13.1 Å². The molecule has 0 saturated heterocycles. The molecule has 0 spiro atoms. The minimum Gasteiger partial charge on any atom is -0.467 e. The fraction of sp³-hybridized carbons (Fsp3) is 0.150. The van der Waals surface area contributed by atoms with Gasteiger partial charge in [-0.2, -0.15) is 0 Å². The molecule has 0 bridgehead atoms. The third kappa shape index (κ3) is 4.84. The van der Waals surface area contributed by atoms with Gasteiger partial charge >= 0.3 is 0 Å². The van der Waals surface area contributed by atoms with Crippen LogP contribution in [-0.4, -0.2) is 14.3 Å². The molecule has 140 valence electrons. The van der Waals surface area contributed by atoms with Crippen LogP contribution in [0, 0.1) is 6.92 Å². The van der Waals surface area contributed by atoms with E-state index >= 15 is 0 Å². The molecule has 7 heteroatoms. The van der Waals surface area contributed by atoms with Crippen molar-refractivity contribution in [1.29, 1.82) is 0 Å². The summed E-state index contributed by atoms with van der Waals surface area (Å²) < 4.78 is 33.1. The van der Waals surface area contributed by atoms with Crippen LogP contribution in [0.15, 0.2) is 76.2 Å². The van der Waals surface area contributed by atoms with Crippen molar-refractivity contribution >= 4 is 15.9 Å². The molecule has 1 amide bonds. The first-order chi connectivity index (χ1) is 13.0. The second kappa shape index (κ2) is 8.20. The molecule has 2 N–H and O–H groups in total. The number of furan rings is 1. The van der Waals surface area contributed by atoms with Gasteiger partial charge in [-0.3, -0.25) is 4.79 Å². The molecule has 1 heterocycles. The molecule has 0 aliphatic rings. The normalized spacial score (nSPS) is 11.3. The van der Waals surface area contributed by atoms with Crippen LogP contribution in [0.25, 0.3) is 0 Å². The van der Waals surface area contributed by atoms with Crippen LogP contribution >= 0.6 is 0 Å². The quantitative estimate of drug-likeness (QED) is 0.655. The van der Waals surface area contributed by atoms with E-state index in [0.29, 0.717) is 11.3 Å². The summed E-state index contributed by atoms with van der Waals surface area (Å²) in [6.45, 7) is 2.10. The van der Waals surface area contributed by atoms with E-state index in [1.807, 2.05) is 30.3 Å². The summed E-state index contributed by atoms with van der Waals surface area (Å²) in [7, 11) is -3.75. The average molecular weight is 384 g/mol. The Morgan fingerprint density at radius 3 is 2.48 bits per heavy atom. The Bertz CT molecular complexity index is 1010. The van der Waals surface area contributed by atoms with Crippen LogP contribution in [0.1, 0.15) is 27.2 Å². The average Bonchev–Trinajstić information content (AvgIpc) is 3.19. The highest BCUT2D eigenvalue weighted by Crippen LogP contribution is 2.18. The van der Waals surface area contributed by atoms with Crippen molar-refractivity contribution in [2.45, 2.75) is 24.9 Å². The number of sulfonamides is 1. The van der Waals surface area contributed by atoms with Crippen molar-refractivity contribution in [2.24, 2.45) is 0 Å². The number of hydrogen-bond donors (Lipinski definition) is 2. The Labute approximate surface area is 158 Å². The summed E-state index contributed by atoms with van der Waals surface area (Å²) in [6.07, 6.45) is 1.52. The molecule has 1 aromatic heterocycles. The SMILES string of the molecule is Cc1ccc(C(=O)NCc2ccco2)cc1S(=O)(=O)NCc1ccccc1. The van der Waals surface area contributed by atoms with Crippen LogP contribution in [0.2, 0.25) is 0 Å². The lowest BCUT2D eigenvalue weighted by Crippen LogP contribution is -2.26. The number of carbonyl (C=O) groups excluding carboxylic acids is 1. The molecule has 2 aromatic carbocycles. The highest BCUT2D eigenvalue weighted by molar-refractivity contribution is 7.89. The maximum atomic E-state index is 12.7. The van der Waals surface area contributed by atoms with E-state index in [-0.39, 0.29) is 29.5 Å². The zero-order chi connectivity index (χ0) is 19.3. The second-order valence-electron chi connectivity index (χ2n) is 6.05. The van der Waals surface area contributed by atoms with Gasteiger partial charge in [0, 0.05) is 12.1 Å². The van der Waals surface area contributed by atoms with E-state index in [2.05, 4.69) is 10.0 Å². The molecule has 0 atom stereocenters. The Morgan fingerprint density at radius 1 is 1.00 bits per heavy atom. The third-order valence-electron chi connectivity index (χ3n) is 4.05. The van der Waals surface area contributed by atoms with Gasteiger partial charge in [-0.1, -0.05) is 36.4 Å². The van der Waals surface area contributed by atoms with Gasteiger partial charge in [0.25, 0.3) is 5.91 Å². The van der Waals surface area contributed by atoms with Gasteiger partial charge in [0.15, 0.2) is 0 Å². The van der Waals surface area contributed by atoms with E-state index < -0.39 is 10.0 Å². The highest BCUT2D eigenvalue weighted by atomic mass is 32.2. The summed E-state index contributed by atoms with van der Waals surface area (Å²) in [5.74, 6) is 0.249. The maximum absolute atomic E-state index is 12.7. The Balaban J connectivity index is 1.74. The smallest absolute Gasteiger partial charge is 0.251 e. The molecule has 6 nitrogen and oxygen atoms in total. The maximum Gasteiger partial charge on any atom is 0.251 e. The number of amides is 1. The van der Waals surface area contributed by atoms with Gasteiger partial charge < -0.3 is 9.73 Å². The molecule has 0 radical (unpaired) electrons. The minimum absolute atomic E-state index is 0.0871. The van der Waals surface area contributed by atoms with Crippen LogP contribution in [0.4, 0.5) is 0 Å². The first-order valence-corrected chi connectivity index (χ1v) is 9.89. The summed E-state index contributed by atoms with van der Waals surface area (Å²) in [5, 5.41) is 2.71. The Kier molecular flexibility index (Phi) is 5.73. The fourth-order valence-electron chi connectivity index (χ4n) is 2.57. The van der Waals surface area contributed by atoms with Crippen LogP contribution in [0.3, 0.4) is 0 Å². The van der Waals surface area contributed by atoms with E-state index in [0.717, 1.165) is 5.56 Å². The number of benzene rings is 2. The van der Waals surface area contributed by atoms with E-state index in [1.165, 1.54) is 12.3 Å². The van der Waals surface area contributed by atoms with Crippen molar-refractivity contribution < 1.29 is 17.6 Å². The van der Waals surface area contributed by atoms with Gasteiger partial charge in [0.05, 0.1) is 17.7 Å². The molecule has 0 aliphatic carbocycles. The molecule has 0 fully saturated rings. The minimum atomic E-state index is -3.75. The molecule has 0 saturated carbocycles. The number of carbonyl (C=O) groups is 1. The summed E-state index contributed by atoms with van der Waals surface area (Å²) in [5.41, 5.74) is 1.69. The standard InChI is InChI=1S/C20H20N2O4S/c1-15-9-10-17(20(23)21-14-18-8-5-11-26-18)12-19(15)27(24,25)22-13-16-6-3-2-4-7-16/h2-12,22H,13-14H2,1H3,(H,21,23). The monoisotopic (exact) mass is 384 g/mol. The van der Waals surface area contributed by atoms with Gasteiger partial charge in [0.2, 0.25) is 10.0 Å². The van der Waals surface area contributed by atoms with E-state index in [9.17, 15) is 13.2 Å². The predicted molar refractivity (Wildman–Crippen MR) is 102 cm³/mol. The van der Waals surface area contributed by atoms with E-state index in [1.54, 1.807) is 31.2 Å². The van der Waals surface area contributed by atoms with Crippen LogP contribution in [0.5, 0.6) is 0 Å². The van der Waals surface area contributed by atoms with Crippen LogP contribution < -0.4 is 10.0 Å². The predicted octanol–water partition coefficient (Wildman–Crippen LogP) is 3.00. The van der Waals surface area contributed by atoms with Crippen molar-refractivity contribution in [2.75, 3.05) is 0 Å². The second-order valence-corrected chi connectivity index (χ2v) is 7.79. The third-order valence-corrected chi connectivity index (χ3v) is 5.60. The summed E-state index contributed by atoms with van der Waals surface area (Å²) in [6, 6.07) is 17.3. The largest absolute Gasteiger partial charge is 0.467 e. The Morgan fingerprint density at radius 2 is 1.78 bits per heavy atom. The highest BCUT2D eigenvalue weighted by Gasteiger charge is 2.19. The van der Waals surface area contributed by atoms with Crippen LogP contribution in [-0.2, 0) is 23.1 Å². The van der Waals surface area contributed by atoms with Gasteiger partial charge in [0.1, 0.15) is 5.76 Å². The molecule has 3 rings (SSSR count). The molecule has 27 heavy (non-hydrogen) atoms. The zero-order valence-electron chi connectivity index (χ0n) is 14.8. The number of aryl methyl sites for hydroxylation is 1. The lowest BCUT2D eigenvalue weighted by atomic mass is 10.1. The van der Waals surface area contributed by atoms with E-state index in [4.69, 9.17) is 4.42 Å². The summed E-state index contributed by atoms with van der Waals surface area (Å²) in [4.78, 5) is 12.4. The molecular weight excluding hydrogens is 364 g/mol.